The van der Waals surface area contributed by atoms with E-state index in [2.05, 4.69) is 65.6 Å². The summed E-state index contributed by atoms with van der Waals surface area (Å²) in [4.78, 5) is 2.26. The van der Waals surface area contributed by atoms with Crippen molar-refractivity contribution in [3.8, 4) is 16.9 Å². The Bertz CT molecular complexity index is 797. The highest BCUT2D eigenvalue weighted by Crippen LogP contribution is 2.39. The number of hydrogen-bond acceptors (Lipinski definition) is 2. The first-order chi connectivity index (χ1) is 11.8. The molecule has 0 unspecified atom stereocenters. The van der Waals surface area contributed by atoms with Gasteiger partial charge in [0.2, 0.25) is 0 Å². The molecule has 2 nitrogen and oxygen atoms in total. The molecule has 0 bridgehead atoms. The summed E-state index contributed by atoms with van der Waals surface area (Å²) < 4.78 is 0. The summed E-state index contributed by atoms with van der Waals surface area (Å²) in [6.07, 6.45) is 0. The molecule has 0 atom stereocenters. The van der Waals surface area contributed by atoms with Gasteiger partial charge in [0.25, 0.3) is 0 Å². The molecule has 0 radical (unpaired) electrons. The van der Waals surface area contributed by atoms with Gasteiger partial charge in [0.05, 0.1) is 0 Å². The van der Waals surface area contributed by atoms with E-state index in [0.29, 0.717) is 12.3 Å². The molecule has 0 fully saturated rings. The Morgan fingerprint density at radius 3 is 2.12 bits per heavy atom. The molecule has 0 spiro atoms. The number of aryl methyl sites for hydroxylation is 1. The molecule has 0 aliphatic rings. The van der Waals surface area contributed by atoms with E-state index < -0.39 is 0 Å². The zero-order chi connectivity index (χ0) is 19.9. The van der Waals surface area contributed by atoms with E-state index in [1.54, 1.807) is 0 Å². The summed E-state index contributed by atoms with van der Waals surface area (Å²) in [6, 6.07) is 10.2. The minimum absolute atomic E-state index is 0.00102. The molecular formula is C23H32ClNO. The molecule has 3 heteroatoms. The van der Waals surface area contributed by atoms with Gasteiger partial charge in [0.1, 0.15) is 5.75 Å². The molecule has 2 aromatic carbocycles. The topological polar surface area (TPSA) is 23.5 Å². The van der Waals surface area contributed by atoms with E-state index in [4.69, 9.17) is 11.6 Å². The Labute approximate surface area is 163 Å². The van der Waals surface area contributed by atoms with Crippen LogP contribution in [0.25, 0.3) is 11.1 Å². The summed E-state index contributed by atoms with van der Waals surface area (Å²) in [6.45, 7) is 15.8. The van der Waals surface area contributed by atoms with Gasteiger partial charge in [-0.05, 0) is 75.0 Å². The maximum absolute atomic E-state index is 11.0. The monoisotopic (exact) mass is 373 g/mol. The van der Waals surface area contributed by atoms with Crippen molar-refractivity contribution in [1.29, 1.82) is 0 Å². The highest BCUT2D eigenvalue weighted by Gasteiger charge is 2.23. The van der Waals surface area contributed by atoms with Crippen LogP contribution in [0.1, 0.15) is 58.2 Å². The first-order valence-electron chi connectivity index (χ1n) is 9.15. The molecule has 142 valence electrons. The molecule has 0 heterocycles. The smallest absolute Gasteiger partial charge is 0.127 e. The standard InChI is InChI=1S/C23H32ClNO/c1-15-11-16(9-10-20(15)24)19-13-18(22(2,3)4)12-17(21(19)26)14-25(8)23(5,6)7/h9-13,26H,14H2,1-8H3. The quantitative estimate of drug-likeness (QED) is 0.659. The van der Waals surface area contributed by atoms with Crippen molar-refractivity contribution in [3.63, 3.8) is 0 Å². The second-order valence-electron chi connectivity index (χ2n) is 9.27. The van der Waals surface area contributed by atoms with Gasteiger partial charge >= 0.3 is 0 Å². The largest absolute Gasteiger partial charge is 0.507 e. The van der Waals surface area contributed by atoms with E-state index in [1.165, 1.54) is 5.56 Å². The van der Waals surface area contributed by atoms with Crippen molar-refractivity contribution in [2.75, 3.05) is 7.05 Å². The number of benzene rings is 2. The van der Waals surface area contributed by atoms with Gasteiger partial charge in [-0.1, -0.05) is 44.5 Å². The van der Waals surface area contributed by atoms with Crippen LogP contribution in [-0.2, 0) is 12.0 Å². The molecule has 26 heavy (non-hydrogen) atoms. The SMILES string of the molecule is Cc1cc(-c2cc(C(C)(C)C)cc(CN(C)C(C)(C)C)c2O)ccc1Cl. The summed E-state index contributed by atoms with van der Waals surface area (Å²) in [5.41, 5.74) is 5.08. The average Bonchev–Trinajstić information content (AvgIpc) is 2.50. The first kappa shape index (κ1) is 20.8. The number of halogens is 1. The van der Waals surface area contributed by atoms with Gasteiger partial charge in [-0.2, -0.15) is 0 Å². The van der Waals surface area contributed by atoms with E-state index in [0.717, 1.165) is 27.3 Å². The Kier molecular flexibility index (Phi) is 5.80. The maximum atomic E-state index is 11.0. The van der Waals surface area contributed by atoms with E-state index in [-0.39, 0.29) is 11.0 Å². The number of phenols is 1. The zero-order valence-corrected chi connectivity index (χ0v) is 18.1. The lowest BCUT2D eigenvalue weighted by molar-refractivity contribution is 0.166. The predicted octanol–water partition coefficient (Wildman–Crippen LogP) is 6.55. The fraction of sp³-hybridized carbons (Fsp3) is 0.478. The van der Waals surface area contributed by atoms with Crippen LogP contribution in [0.3, 0.4) is 0 Å². The maximum Gasteiger partial charge on any atom is 0.127 e. The molecule has 0 aliphatic carbocycles. The second kappa shape index (κ2) is 7.25. The molecular weight excluding hydrogens is 342 g/mol. The van der Waals surface area contributed by atoms with Crippen molar-refractivity contribution < 1.29 is 5.11 Å². The molecule has 1 N–H and O–H groups in total. The van der Waals surface area contributed by atoms with Crippen LogP contribution in [0, 0.1) is 6.92 Å². The number of nitrogens with zero attached hydrogens (tertiary/aromatic N) is 1. The van der Waals surface area contributed by atoms with Crippen molar-refractivity contribution in [3.05, 3.63) is 52.0 Å². The Hall–Kier alpha value is -1.51. The van der Waals surface area contributed by atoms with Gasteiger partial charge in [-0.15, -0.1) is 0 Å². The number of phenolic OH excluding ortho intramolecular Hbond substituents is 1. The number of hydrogen-bond donors (Lipinski definition) is 1. The minimum atomic E-state index is -0.00102. The lowest BCUT2D eigenvalue weighted by Crippen LogP contribution is -2.37. The Balaban J connectivity index is 2.64. The third-order valence-corrected chi connectivity index (χ3v) is 5.50. The van der Waals surface area contributed by atoms with Crippen LogP contribution in [0.15, 0.2) is 30.3 Å². The van der Waals surface area contributed by atoms with Gasteiger partial charge in [-0.3, -0.25) is 4.90 Å². The Morgan fingerprint density at radius 2 is 1.62 bits per heavy atom. The average molecular weight is 374 g/mol. The summed E-state index contributed by atoms with van der Waals surface area (Å²) >= 11 is 6.19. The predicted molar refractivity (Wildman–Crippen MR) is 113 cm³/mol. The highest BCUT2D eigenvalue weighted by molar-refractivity contribution is 6.31. The van der Waals surface area contributed by atoms with E-state index >= 15 is 0 Å². The van der Waals surface area contributed by atoms with Crippen molar-refractivity contribution >= 4 is 11.6 Å². The summed E-state index contributed by atoms with van der Waals surface area (Å²) in [7, 11) is 2.09. The normalized spacial score (nSPS) is 12.7. The van der Waals surface area contributed by atoms with Crippen LogP contribution in [0.5, 0.6) is 5.75 Å². The third kappa shape index (κ3) is 4.61. The fourth-order valence-electron chi connectivity index (χ4n) is 2.77. The van der Waals surface area contributed by atoms with Gasteiger partial charge in [0.15, 0.2) is 0 Å². The molecule has 0 saturated heterocycles. The lowest BCUT2D eigenvalue weighted by atomic mass is 9.83. The molecule has 0 aromatic heterocycles. The molecule has 2 rings (SSSR count). The lowest BCUT2D eigenvalue weighted by Gasteiger charge is -2.33. The van der Waals surface area contributed by atoms with Gasteiger partial charge in [0, 0.05) is 28.2 Å². The second-order valence-corrected chi connectivity index (χ2v) is 9.68. The third-order valence-electron chi connectivity index (χ3n) is 5.08. The van der Waals surface area contributed by atoms with Crippen molar-refractivity contribution in [2.24, 2.45) is 0 Å². The van der Waals surface area contributed by atoms with Crippen LogP contribution in [-0.4, -0.2) is 22.6 Å². The van der Waals surface area contributed by atoms with Crippen molar-refractivity contribution in [2.45, 2.75) is 66.0 Å². The Morgan fingerprint density at radius 1 is 1.00 bits per heavy atom. The van der Waals surface area contributed by atoms with E-state index in [1.807, 2.05) is 25.1 Å². The summed E-state index contributed by atoms with van der Waals surface area (Å²) in [5.74, 6) is 0.357. The number of aromatic hydroxyl groups is 1. The molecule has 0 aliphatic heterocycles. The van der Waals surface area contributed by atoms with E-state index in [9.17, 15) is 5.11 Å². The van der Waals surface area contributed by atoms with Gasteiger partial charge < -0.3 is 5.11 Å². The number of rotatable bonds is 3. The van der Waals surface area contributed by atoms with Gasteiger partial charge in [-0.25, -0.2) is 0 Å². The first-order valence-corrected chi connectivity index (χ1v) is 9.52. The fourth-order valence-corrected chi connectivity index (χ4v) is 2.89. The molecule has 2 aromatic rings. The minimum Gasteiger partial charge on any atom is -0.507 e. The van der Waals surface area contributed by atoms with Crippen LogP contribution >= 0.6 is 11.6 Å². The van der Waals surface area contributed by atoms with Crippen LogP contribution < -0.4 is 0 Å². The molecule has 0 amide bonds. The van der Waals surface area contributed by atoms with Crippen LogP contribution in [0.4, 0.5) is 0 Å². The van der Waals surface area contributed by atoms with Crippen molar-refractivity contribution in [1.82, 2.24) is 4.90 Å². The van der Waals surface area contributed by atoms with Crippen LogP contribution in [0.2, 0.25) is 5.02 Å². The zero-order valence-electron chi connectivity index (χ0n) is 17.4. The highest BCUT2D eigenvalue weighted by atomic mass is 35.5. The summed E-state index contributed by atoms with van der Waals surface area (Å²) in [5, 5.41) is 11.8. The molecule has 0 saturated carbocycles.